The zero-order chi connectivity index (χ0) is 15.2. The number of hydrazine groups is 1. The number of nitrogens with one attached hydrogen (secondary N) is 2. The molecule has 108 valence electrons. The SMILES string of the molecule is O=C(Cc1ccccc1Cl)NNC(=O)c1ccccc1Cl. The van der Waals surface area contributed by atoms with E-state index in [2.05, 4.69) is 10.9 Å². The molecular formula is C15H12Cl2N2O2. The van der Waals surface area contributed by atoms with Gasteiger partial charge in [0.15, 0.2) is 0 Å². The minimum Gasteiger partial charge on any atom is -0.273 e. The van der Waals surface area contributed by atoms with Gasteiger partial charge in [-0.1, -0.05) is 53.5 Å². The molecule has 0 heterocycles. The number of rotatable bonds is 3. The average molecular weight is 323 g/mol. The highest BCUT2D eigenvalue weighted by Crippen LogP contribution is 2.15. The molecule has 0 atom stereocenters. The van der Waals surface area contributed by atoms with Gasteiger partial charge in [0, 0.05) is 5.02 Å². The molecule has 0 bridgehead atoms. The Morgan fingerprint density at radius 2 is 1.48 bits per heavy atom. The first-order valence-corrected chi connectivity index (χ1v) is 6.90. The summed E-state index contributed by atoms with van der Waals surface area (Å²) < 4.78 is 0. The van der Waals surface area contributed by atoms with Gasteiger partial charge in [-0.2, -0.15) is 0 Å². The van der Waals surface area contributed by atoms with Crippen molar-refractivity contribution in [3.05, 3.63) is 69.7 Å². The Kier molecular flexibility index (Phi) is 5.20. The quantitative estimate of drug-likeness (QED) is 0.853. The van der Waals surface area contributed by atoms with Crippen LogP contribution >= 0.6 is 23.2 Å². The molecule has 2 N–H and O–H groups in total. The fourth-order valence-electron chi connectivity index (χ4n) is 1.70. The Labute approximate surface area is 132 Å². The Bertz CT molecular complexity index is 674. The lowest BCUT2D eigenvalue weighted by molar-refractivity contribution is -0.121. The Morgan fingerprint density at radius 1 is 0.857 bits per heavy atom. The van der Waals surface area contributed by atoms with E-state index in [1.807, 2.05) is 0 Å². The van der Waals surface area contributed by atoms with E-state index in [1.165, 1.54) is 0 Å². The summed E-state index contributed by atoms with van der Waals surface area (Å²) in [5.41, 5.74) is 5.61. The van der Waals surface area contributed by atoms with Crippen molar-refractivity contribution in [2.24, 2.45) is 0 Å². The van der Waals surface area contributed by atoms with Gasteiger partial charge in [-0.25, -0.2) is 0 Å². The van der Waals surface area contributed by atoms with Crippen molar-refractivity contribution >= 4 is 35.0 Å². The van der Waals surface area contributed by atoms with Gasteiger partial charge in [-0.15, -0.1) is 0 Å². The second kappa shape index (κ2) is 7.11. The van der Waals surface area contributed by atoms with Crippen LogP contribution in [0, 0.1) is 0 Å². The summed E-state index contributed by atoms with van der Waals surface area (Å²) in [4.78, 5) is 23.6. The van der Waals surface area contributed by atoms with E-state index in [1.54, 1.807) is 48.5 Å². The van der Waals surface area contributed by atoms with Crippen molar-refractivity contribution in [1.29, 1.82) is 0 Å². The highest BCUT2D eigenvalue weighted by molar-refractivity contribution is 6.33. The van der Waals surface area contributed by atoms with Crippen LogP contribution in [0.25, 0.3) is 0 Å². The zero-order valence-corrected chi connectivity index (χ0v) is 12.4. The maximum Gasteiger partial charge on any atom is 0.271 e. The molecule has 0 unspecified atom stereocenters. The third-order valence-electron chi connectivity index (χ3n) is 2.74. The van der Waals surface area contributed by atoms with Gasteiger partial charge >= 0.3 is 0 Å². The number of carbonyl (C=O) groups excluding carboxylic acids is 2. The summed E-state index contributed by atoms with van der Waals surface area (Å²) in [6.07, 6.45) is 0.0719. The van der Waals surface area contributed by atoms with Crippen LogP contribution in [0.5, 0.6) is 0 Å². The van der Waals surface area contributed by atoms with Gasteiger partial charge in [0.25, 0.3) is 5.91 Å². The van der Waals surface area contributed by atoms with Crippen molar-refractivity contribution in [3.8, 4) is 0 Å². The normalized spacial score (nSPS) is 10.0. The summed E-state index contributed by atoms with van der Waals surface area (Å²) in [6, 6.07) is 13.6. The maximum atomic E-state index is 11.9. The molecule has 0 aliphatic rings. The van der Waals surface area contributed by atoms with Crippen molar-refractivity contribution in [3.63, 3.8) is 0 Å². The number of halogens is 2. The number of hydrogen-bond acceptors (Lipinski definition) is 2. The first-order chi connectivity index (χ1) is 10.1. The third kappa shape index (κ3) is 4.21. The second-order valence-electron chi connectivity index (χ2n) is 4.25. The lowest BCUT2D eigenvalue weighted by Crippen LogP contribution is -2.42. The molecule has 0 radical (unpaired) electrons. The van der Waals surface area contributed by atoms with Gasteiger partial charge in [0.2, 0.25) is 5.91 Å². The van der Waals surface area contributed by atoms with Gasteiger partial charge < -0.3 is 0 Å². The smallest absolute Gasteiger partial charge is 0.271 e. The number of amides is 2. The topological polar surface area (TPSA) is 58.2 Å². The number of benzene rings is 2. The van der Waals surface area contributed by atoms with Crippen LogP contribution in [0.3, 0.4) is 0 Å². The molecule has 0 saturated heterocycles. The summed E-state index contributed by atoms with van der Waals surface area (Å²) in [6.45, 7) is 0. The summed E-state index contributed by atoms with van der Waals surface area (Å²) in [7, 11) is 0. The summed E-state index contributed by atoms with van der Waals surface area (Å²) in [5.74, 6) is -0.850. The molecule has 2 rings (SSSR count). The van der Waals surface area contributed by atoms with Crippen LogP contribution in [0.15, 0.2) is 48.5 Å². The molecule has 0 saturated carbocycles. The first kappa shape index (κ1) is 15.4. The van der Waals surface area contributed by atoms with E-state index < -0.39 is 5.91 Å². The molecule has 0 aromatic heterocycles. The monoisotopic (exact) mass is 322 g/mol. The summed E-state index contributed by atoms with van der Waals surface area (Å²) >= 11 is 11.9. The van der Waals surface area contributed by atoms with Crippen LogP contribution in [0.1, 0.15) is 15.9 Å². The molecule has 4 nitrogen and oxygen atoms in total. The molecule has 6 heteroatoms. The predicted molar refractivity (Wildman–Crippen MR) is 82.2 cm³/mol. The van der Waals surface area contributed by atoms with E-state index in [0.717, 1.165) is 0 Å². The van der Waals surface area contributed by atoms with Crippen LogP contribution in [0.4, 0.5) is 0 Å². The average Bonchev–Trinajstić information content (AvgIpc) is 2.48. The van der Waals surface area contributed by atoms with Crippen molar-refractivity contribution < 1.29 is 9.59 Å². The zero-order valence-electron chi connectivity index (χ0n) is 10.9. The highest BCUT2D eigenvalue weighted by atomic mass is 35.5. The first-order valence-electron chi connectivity index (χ1n) is 6.15. The predicted octanol–water partition coefficient (Wildman–Crippen LogP) is 3.00. The van der Waals surface area contributed by atoms with Crippen molar-refractivity contribution in [1.82, 2.24) is 10.9 Å². The Morgan fingerprint density at radius 3 is 2.14 bits per heavy atom. The fraction of sp³-hybridized carbons (Fsp3) is 0.0667. The molecule has 0 fully saturated rings. The van der Waals surface area contributed by atoms with Gasteiger partial charge in [-0.05, 0) is 23.8 Å². The van der Waals surface area contributed by atoms with Crippen LogP contribution < -0.4 is 10.9 Å². The molecular weight excluding hydrogens is 311 g/mol. The minimum absolute atomic E-state index is 0.0719. The molecule has 2 aromatic rings. The molecule has 2 amide bonds. The molecule has 2 aromatic carbocycles. The minimum atomic E-state index is -0.479. The Hall–Kier alpha value is -2.04. The molecule has 0 aliphatic carbocycles. The van der Waals surface area contributed by atoms with E-state index in [-0.39, 0.29) is 17.9 Å². The highest BCUT2D eigenvalue weighted by Gasteiger charge is 2.11. The standard InChI is InChI=1S/C15H12Cl2N2O2/c16-12-7-3-1-5-10(12)9-14(20)18-19-15(21)11-6-2-4-8-13(11)17/h1-8H,9H2,(H,18,20)(H,19,21). The number of hydrogen-bond donors (Lipinski definition) is 2. The molecule has 0 spiro atoms. The maximum absolute atomic E-state index is 11.9. The molecule has 21 heavy (non-hydrogen) atoms. The number of carbonyl (C=O) groups is 2. The van der Waals surface area contributed by atoms with Crippen molar-refractivity contribution in [2.75, 3.05) is 0 Å². The molecule has 0 aliphatic heterocycles. The van der Waals surface area contributed by atoms with Crippen LogP contribution in [-0.2, 0) is 11.2 Å². The van der Waals surface area contributed by atoms with Crippen LogP contribution in [0.2, 0.25) is 10.0 Å². The van der Waals surface area contributed by atoms with E-state index >= 15 is 0 Å². The lowest BCUT2D eigenvalue weighted by atomic mass is 10.1. The van der Waals surface area contributed by atoms with E-state index in [4.69, 9.17) is 23.2 Å². The van der Waals surface area contributed by atoms with Crippen molar-refractivity contribution in [2.45, 2.75) is 6.42 Å². The van der Waals surface area contributed by atoms with Gasteiger partial charge in [-0.3, -0.25) is 20.4 Å². The summed E-state index contributed by atoms with van der Waals surface area (Å²) in [5, 5.41) is 0.820. The van der Waals surface area contributed by atoms with E-state index in [9.17, 15) is 9.59 Å². The van der Waals surface area contributed by atoms with Crippen LogP contribution in [-0.4, -0.2) is 11.8 Å². The fourth-order valence-corrected chi connectivity index (χ4v) is 2.12. The van der Waals surface area contributed by atoms with E-state index in [0.29, 0.717) is 15.6 Å². The van der Waals surface area contributed by atoms with Gasteiger partial charge in [0.1, 0.15) is 0 Å². The second-order valence-corrected chi connectivity index (χ2v) is 5.06. The largest absolute Gasteiger partial charge is 0.273 e. The van der Waals surface area contributed by atoms with Gasteiger partial charge in [0.05, 0.1) is 17.0 Å². The third-order valence-corrected chi connectivity index (χ3v) is 3.44. The Balaban J connectivity index is 1.91. The lowest BCUT2D eigenvalue weighted by Gasteiger charge is -2.09.